The smallest absolute Gasteiger partial charge is 0.358 e. The van der Waals surface area contributed by atoms with Crippen LogP contribution in [0.5, 0.6) is 0 Å². The molecule has 0 fully saturated rings. The summed E-state index contributed by atoms with van der Waals surface area (Å²) >= 11 is 0.798. The van der Waals surface area contributed by atoms with Crippen LogP contribution in [0.2, 0.25) is 0 Å². The van der Waals surface area contributed by atoms with E-state index in [0.29, 0.717) is 0 Å². The molecule has 18 heavy (non-hydrogen) atoms. The zero-order valence-electron chi connectivity index (χ0n) is 8.95. The maximum atomic E-state index is 12.0. The molecule has 0 aromatic carbocycles. The Morgan fingerprint density at radius 1 is 1.50 bits per heavy atom. The van der Waals surface area contributed by atoms with Crippen molar-refractivity contribution in [3.05, 3.63) is 17.5 Å². The van der Waals surface area contributed by atoms with Gasteiger partial charge in [-0.2, -0.15) is 10.1 Å². The molecule has 0 bridgehead atoms. The minimum Gasteiger partial charge on any atom is -0.464 e. The molecule has 0 unspecified atom stereocenters. The third-order valence-corrected chi connectivity index (χ3v) is 4.51. The average molecular weight is 289 g/mol. The van der Waals surface area contributed by atoms with Gasteiger partial charge >= 0.3 is 5.97 Å². The summed E-state index contributed by atoms with van der Waals surface area (Å²) in [6.07, 6.45) is 1.14. The SMILES string of the molecule is COC(=O)c1ncsc1S(=O)(=O)Nc1ncn[nH]1. The molecular weight excluding hydrogens is 282 g/mol. The highest BCUT2D eigenvalue weighted by molar-refractivity contribution is 7.94. The number of anilines is 1. The molecule has 2 heterocycles. The number of thiazole rings is 1. The zero-order chi connectivity index (χ0) is 13.2. The molecular formula is C7H7N5O4S2. The highest BCUT2D eigenvalue weighted by Gasteiger charge is 2.27. The molecule has 2 aromatic rings. The van der Waals surface area contributed by atoms with E-state index in [1.54, 1.807) is 0 Å². The van der Waals surface area contributed by atoms with Gasteiger partial charge in [0, 0.05) is 0 Å². The van der Waals surface area contributed by atoms with Crippen LogP contribution in [0.4, 0.5) is 5.95 Å². The van der Waals surface area contributed by atoms with Gasteiger partial charge in [-0.3, -0.25) is 0 Å². The van der Waals surface area contributed by atoms with Crippen LogP contribution in [0, 0.1) is 0 Å². The topological polar surface area (TPSA) is 127 Å². The second-order valence-electron chi connectivity index (χ2n) is 2.92. The molecule has 2 N–H and O–H groups in total. The Labute approximate surface area is 105 Å². The minimum atomic E-state index is -3.95. The zero-order valence-corrected chi connectivity index (χ0v) is 10.6. The molecule has 0 saturated carbocycles. The van der Waals surface area contributed by atoms with Gasteiger partial charge in [-0.1, -0.05) is 0 Å². The minimum absolute atomic E-state index is 0.0563. The van der Waals surface area contributed by atoms with E-state index in [4.69, 9.17) is 0 Å². The van der Waals surface area contributed by atoms with Crippen LogP contribution in [0.25, 0.3) is 0 Å². The van der Waals surface area contributed by atoms with Gasteiger partial charge in [0.2, 0.25) is 5.95 Å². The lowest BCUT2D eigenvalue weighted by Gasteiger charge is -2.03. The summed E-state index contributed by atoms with van der Waals surface area (Å²) in [7, 11) is -2.81. The summed E-state index contributed by atoms with van der Waals surface area (Å²) in [5.74, 6) is -0.881. The second kappa shape index (κ2) is 4.70. The third-order valence-electron chi connectivity index (χ3n) is 1.80. The first kappa shape index (κ1) is 12.4. The number of H-pyrrole nitrogens is 1. The van der Waals surface area contributed by atoms with E-state index in [-0.39, 0.29) is 15.9 Å². The number of carbonyl (C=O) groups excluding carboxylic acids is 1. The van der Waals surface area contributed by atoms with Crippen molar-refractivity contribution in [2.75, 3.05) is 11.8 Å². The summed E-state index contributed by atoms with van der Waals surface area (Å²) < 4.78 is 30.3. The van der Waals surface area contributed by atoms with Crippen molar-refractivity contribution in [1.29, 1.82) is 0 Å². The number of methoxy groups -OCH3 is 1. The van der Waals surface area contributed by atoms with Crippen LogP contribution in [-0.2, 0) is 14.8 Å². The third kappa shape index (κ3) is 2.31. The van der Waals surface area contributed by atoms with Crippen molar-refractivity contribution < 1.29 is 17.9 Å². The van der Waals surface area contributed by atoms with Crippen molar-refractivity contribution in [2.24, 2.45) is 0 Å². The lowest BCUT2D eigenvalue weighted by atomic mass is 10.5. The monoisotopic (exact) mass is 289 g/mol. The highest BCUT2D eigenvalue weighted by Crippen LogP contribution is 2.22. The van der Waals surface area contributed by atoms with Gasteiger partial charge in [0.1, 0.15) is 6.33 Å². The Kier molecular flexibility index (Phi) is 3.25. The Balaban J connectivity index is 2.36. The van der Waals surface area contributed by atoms with Crippen LogP contribution in [-0.4, -0.2) is 41.7 Å². The first-order valence-corrected chi connectivity index (χ1v) is 6.81. The number of nitrogens with zero attached hydrogens (tertiary/aromatic N) is 3. The number of esters is 1. The maximum absolute atomic E-state index is 12.0. The Bertz CT molecular complexity index is 647. The van der Waals surface area contributed by atoms with Crippen LogP contribution in [0.15, 0.2) is 16.0 Å². The molecule has 0 aliphatic rings. The van der Waals surface area contributed by atoms with Crippen LogP contribution in [0.3, 0.4) is 0 Å². The number of aromatic amines is 1. The van der Waals surface area contributed by atoms with Crippen molar-refractivity contribution in [1.82, 2.24) is 20.2 Å². The first-order chi connectivity index (χ1) is 8.54. The number of carbonyl (C=O) groups is 1. The van der Waals surface area contributed by atoms with E-state index in [0.717, 1.165) is 24.8 Å². The molecule has 2 aromatic heterocycles. The quantitative estimate of drug-likeness (QED) is 0.749. The fraction of sp³-hybridized carbons (Fsp3) is 0.143. The number of hydrogen-bond acceptors (Lipinski definition) is 8. The van der Waals surface area contributed by atoms with Gasteiger partial charge in [0.05, 0.1) is 12.6 Å². The number of rotatable bonds is 4. The van der Waals surface area contributed by atoms with Crippen molar-refractivity contribution in [3.8, 4) is 0 Å². The predicted octanol–water partition coefficient (Wildman–Crippen LogP) is -0.151. The van der Waals surface area contributed by atoms with Crippen molar-refractivity contribution >= 4 is 33.3 Å². The Morgan fingerprint density at radius 2 is 2.28 bits per heavy atom. The lowest BCUT2D eigenvalue weighted by molar-refractivity contribution is 0.0590. The maximum Gasteiger partial charge on any atom is 0.358 e. The lowest BCUT2D eigenvalue weighted by Crippen LogP contribution is -2.16. The molecule has 2 rings (SSSR count). The Morgan fingerprint density at radius 3 is 2.89 bits per heavy atom. The van der Waals surface area contributed by atoms with E-state index in [2.05, 4.69) is 29.6 Å². The van der Waals surface area contributed by atoms with E-state index < -0.39 is 16.0 Å². The van der Waals surface area contributed by atoms with Gasteiger partial charge < -0.3 is 4.74 Å². The van der Waals surface area contributed by atoms with Crippen molar-refractivity contribution in [2.45, 2.75) is 4.21 Å². The largest absolute Gasteiger partial charge is 0.464 e. The van der Waals surface area contributed by atoms with Crippen molar-refractivity contribution in [3.63, 3.8) is 0 Å². The van der Waals surface area contributed by atoms with E-state index in [1.807, 2.05) is 0 Å². The predicted molar refractivity (Wildman–Crippen MR) is 60.6 cm³/mol. The molecule has 0 atom stereocenters. The fourth-order valence-corrected chi connectivity index (χ4v) is 3.19. The molecule has 0 spiro atoms. The normalized spacial score (nSPS) is 11.2. The van der Waals surface area contributed by atoms with Gasteiger partial charge in [-0.25, -0.2) is 28.0 Å². The van der Waals surface area contributed by atoms with E-state index in [9.17, 15) is 13.2 Å². The van der Waals surface area contributed by atoms with Gasteiger partial charge in [0.15, 0.2) is 9.90 Å². The van der Waals surface area contributed by atoms with Crippen LogP contribution in [0.1, 0.15) is 10.5 Å². The highest BCUT2D eigenvalue weighted by atomic mass is 32.2. The molecule has 11 heteroatoms. The standard InChI is InChI=1S/C7H7N5O4S2/c1-16-5(13)4-6(17-3-9-4)18(14,15)12-7-8-2-10-11-7/h2-3H,1H3,(H2,8,10,11,12). The number of ether oxygens (including phenoxy) is 1. The molecule has 0 amide bonds. The number of nitrogens with one attached hydrogen (secondary N) is 2. The molecule has 96 valence electrons. The number of hydrogen-bond donors (Lipinski definition) is 2. The summed E-state index contributed by atoms with van der Waals surface area (Å²) in [6.45, 7) is 0. The molecule has 0 radical (unpaired) electrons. The van der Waals surface area contributed by atoms with E-state index >= 15 is 0 Å². The molecule has 0 aliphatic heterocycles. The first-order valence-electron chi connectivity index (χ1n) is 4.44. The average Bonchev–Trinajstić information content (AvgIpc) is 2.97. The molecule has 9 nitrogen and oxygen atoms in total. The van der Waals surface area contributed by atoms with Gasteiger partial charge in [0.25, 0.3) is 10.0 Å². The van der Waals surface area contributed by atoms with Gasteiger partial charge in [-0.15, -0.1) is 11.3 Å². The summed E-state index contributed by atoms with van der Waals surface area (Å²) in [6, 6.07) is 0. The summed E-state index contributed by atoms with van der Waals surface area (Å²) in [4.78, 5) is 18.6. The fourth-order valence-electron chi connectivity index (χ4n) is 1.09. The van der Waals surface area contributed by atoms with E-state index in [1.165, 1.54) is 5.51 Å². The molecule has 0 saturated heterocycles. The molecule has 0 aliphatic carbocycles. The van der Waals surface area contributed by atoms with Gasteiger partial charge in [-0.05, 0) is 0 Å². The number of sulfonamides is 1. The Hall–Kier alpha value is -2.01. The van der Waals surface area contributed by atoms with Crippen LogP contribution >= 0.6 is 11.3 Å². The van der Waals surface area contributed by atoms with Crippen LogP contribution < -0.4 is 4.72 Å². The summed E-state index contributed by atoms with van der Waals surface area (Å²) in [5.41, 5.74) is 0.968. The summed E-state index contributed by atoms with van der Waals surface area (Å²) in [5, 5.41) is 5.83. The second-order valence-corrected chi connectivity index (χ2v) is 5.65. The number of aromatic nitrogens is 4.